The first kappa shape index (κ1) is 13.7. The minimum absolute atomic E-state index is 0.0552. The van der Waals surface area contributed by atoms with E-state index in [2.05, 4.69) is 0 Å². The number of rotatable bonds is 4. The van der Waals surface area contributed by atoms with Gasteiger partial charge >= 0.3 is 0 Å². The quantitative estimate of drug-likeness (QED) is 0.662. The van der Waals surface area contributed by atoms with Gasteiger partial charge < -0.3 is 15.2 Å². The smallest absolute Gasteiger partial charge is 0.197 e. The van der Waals surface area contributed by atoms with E-state index in [1.807, 2.05) is 48.5 Å². The lowest BCUT2D eigenvalue weighted by Crippen LogP contribution is -2.32. The molecule has 0 saturated carbocycles. The molecule has 0 aromatic heterocycles. The van der Waals surface area contributed by atoms with Crippen molar-refractivity contribution < 1.29 is 9.47 Å². The van der Waals surface area contributed by atoms with Crippen LogP contribution in [0.4, 0.5) is 11.4 Å². The Balaban J connectivity index is 2.36. The zero-order chi connectivity index (χ0) is 14.5. The fourth-order valence-corrected chi connectivity index (χ4v) is 1.89. The van der Waals surface area contributed by atoms with Gasteiger partial charge in [-0.05, 0) is 48.5 Å². The summed E-state index contributed by atoms with van der Waals surface area (Å²) in [6, 6.07) is 14.7. The molecule has 20 heavy (non-hydrogen) atoms. The first-order valence-electron chi connectivity index (χ1n) is 6.08. The van der Waals surface area contributed by atoms with Crippen molar-refractivity contribution in [3.8, 4) is 11.5 Å². The lowest BCUT2D eigenvalue weighted by Gasteiger charge is -2.23. The molecule has 5 heteroatoms. The lowest BCUT2D eigenvalue weighted by atomic mass is 10.2. The number of hydrogen-bond acceptors (Lipinski definition) is 3. The second-order valence-corrected chi connectivity index (χ2v) is 4.12. The minimum Gasteiger partial charge on any atom is -0.497 e. The zero-order valence-corrected chi connectivity index (χ0v) is 11.5. The third-order valence-electron chi connectivity index (χ3n) is 2.90. The number of anilines is 2. The molecule has 0 aliphatic heterocycles. The monoisotopic (exact) mass is 271 g/mol. The Morgan fingerprint density at radius 1 is 0.850 bits per heavy atom. The average molecular weight is 271 g/mol. The molecule has 0 fully saturated rings. The van der Waals surface area contributed by atoms with Crippen LogP contribution in [0.5, 0.6) is 11.5 Å². The van der Waals surface area contributed by atoms with E-state index < -0.39 is 0 Å². The molecule has 2 aromatic rings. The van der Waals surface area contributed by atoms with Gasteiger partial charge in [0.25, 0.3) is 0 Å². The predicted molar refractivity (Wildman–Crippen MR) is 80.0 cm³/mol. The molecule has 0 atom stereocenters. The molecular weight excluding hydrogens is 254 g/mol. The Labute approximate surface area is 118 Å². The topological polar surface area (TPSA) is 71.6 Å². The van der Waals surface area contributed by atoms with Gasteiger partial charge in [-0.1, -0.05) is 0 Å². The third-order valence-corrected chi connectivity index (χ3v) is 2.90. The molecular formula is C15H17N3O2. The van der Waals surface area contributed by atoms with Crippen LogP contribution in [0.3, 0.4) is 0 Å². The van der Waals surface area contributed by atoms with Crippen LogP contribution in [0, 0.1) is 5.41 Å². The third kappa shape index (κ3) is 2.83. The Kier molecular flexibility index (Phi) is 4.10. The lowest BCUT2D eigenvalue weighted by molar-refractivity contribution is 0.415. The molecule has 0 spiro atoms. The van der Waals surface area contributed by atoms with E-state index in [0.29, 0.717) is 0 Å². The van der Waals surface area contributed by atoms with Crippen LogP contribution in [-0.2, 0) is 0 Å². The van der Waals surface area contributed by atoms with Crippen LogP contribution >= 0.6 is 0 Å². The number of benzene rings is 2. The van der Waals surface area contributed by atoms with Crippen LogP contribution in [0.25, 0.3) is 0 Å². The van der Waals surface area contributed by atoms with E-state index in [0.717, 1.165) is 22.9 Å². The fourth-order valence-electron chi connectivity index (χ4n) is 1.89. The number of ether oxygens (including phenoxy) is 2. The summed E-state index contributed by atoms with van der Waals surface area (Å²) in [7, 11) is 3.22. The van der Waals surface area contributed by atoms with Gasteiger partial charge in [0.1, 0.15) is 11.5 Å². The highest BCUT2D eigenvalue weighted by Crippen LogP contribution is 2.28. The average Bonchev–Trinajstić information content (AvgIpc) is 2.48. The maximum Gasteiger partial charge on any atom is 0.197 e. The van der Waals surface area contributed by atoms with Crippen molar-refractivity contribution in [3.63, 3.8) is 0 Å². The van der Waals surface area contributed by atoms with Gasteiger partial charge in [0.15, 0.2) is 5.96 Å². The van der Waals surface area contributed by atoms with Gasteiger partial charge in [0.2, 0.25) is 0 Å². The number of nitrogens with one attached hydrogen (secondary N) is 1. The highest BCUT2D eigenvalue weighted by Gasteiger charge is 2.12. The summed E-state index contributed by atoms with van der Waals surface area (Å²) in [5, 5.41) is 7.76. The van der Waals surface area contributed by atoms with E-state index in [-0.39, 0.29) is 5.96 Å². The first-order chi connectivity index (χ1) is 9.65. The highest BCUT2D eigenvalue weighted by atomic mass is 16.5. The number of hydrogen-bond donors (Lipinski definition) is 2. The van der Waals surface area contributed by atoms with Crippen molar-refractivity contribution in [3.05, 3.63) is 48.5 Å². The summed E-state index contributed by atoms with van der Waals surface area (Å²) in [4.78, 5) is 1.64. The van der Waals surface area contributed by atoms with Crippen LogP contribution < -0.4 is 20.1 Å². The minimum atomic E-state index is -0.0552. The van der Waals surface area contributed by atoms with Gasteiger partial charge in [0.05, 0.1) is 14.2 Å². The molecule has 2 aromatic carbocycles. The SMILES string of the molecule is COc1ccc(N(C(=N)N)c2ccc(OC)cc2)cc1. The number of guanidine groups is 1. The largest absolute Gasteiger partial charge is 0.497 e. The van der Waals surface area contributed by atoms with Crippen LogP contribution in [-0.4, -0.2) is 20.2 Å². The standard InChI is InChI=1S/C15H17N3O2/c1-19-13-7-3-11(4-8-13)18(15(16)17)12-5-9-14(20-2)10-6-12/h3-10H,1-2H3,(H3,16,17). The van der Waals surface area contributed by atoms with Crippen LogP contribution in [0.2, 0.25) is 0 Å². The van der Waals surface area contributed by atoms with Crippen LogP contribution in [0.1, 0.15) is 0 Å². The van der Waals surface area contributed by atoms with E-state index in [1.165, 1.54) is 0 Å². The maximum absolute atomic E-state index is 7.76. The predicted octanol–water partition coefficient (Wildman–Crippen LogP) is 2.74. The fraction of sp³-hybridized carbons (Fsp3) is 0.133. The Bertz CT molecular complexity index is 532. The van der Waals surface area contributed by atoms with E-state index in [1.54, 1.807) is 19.1 Å². The number of methoxy groups -OCH3 is 2. The molecule has 3 N–H and O–H groups in total. The van der Waals surface area contributed by atoms with Gasteiger partial charge in [-0.2, -0.15) is 0 Å². The summed E-state index contributed by atoms with van der Waals surface area (Å²) < 4.78 is 10.3. The van der Waals surface area contributed by atoms with Crippen molar-refractivity contribution in [1.29, 1.82) is 5.41 Å². The summed E-state index contributed by atoms with van der Waals surface area (Å²) in [5.74, 6) is 1.46. The van der Waals surface area contributed by atoms with E-state index >= 15 is 0 Å². The first-order valence-corrected chi connectivity index (χ1v) is 6.08. The molecule has 0 heterocycles. The van der Waals surface area contributed by atoms with Gasteiger partial charge in [-0.15, -0.1) is 0 Å². The zero-order valence-electron chi connectivity index (χ0n) is 11.5. The Morgan fingerprint density at radius 2 is 1.20 bits per heavy atom. The van der Waals surface area contributed by atoms with Crippen molar-refractivity contribution in [2.24, 2.45) is 5.73 Å². The maximum atomic E-state index is 7.76. The molecule has 0 amide bonds. The number of nitrogens with zero attached hydrogens (tertiary/aromatic N) is 1. The van der Waals surface area contributed by atoms with Gasteiger partial charge in [-0.25, -0.2) is 0 Å². The second-order valence-electron chi connectivity index (χ2n) is 4.12. The molecule has 5 nitrogen and oxygen atoms in total. The van der Waals surface area contributed by atoms with E-state index in [4.69, 9.17) is 20.6 Å². The van der Waals surface area contributed by atoms with Crippen molar-refractivity contribution in [2.75, 3.05) is 19.1 Å². The molecule has 0 radical (unpaired) electrons. The summed E-state index contributed by atoms with van der Waals surface area (Å²) in [5.41, 5.74) is 7.28. The van der Waals surface area contributed by atoms with Crippen LogP contribution in [0.15, 0.2) is 48.5 Å². The molecule has 2 rings (SSSR count). The molecule has 0 unspecified atom stereocenters. The Hall–Kier alpha value is -2.69. The molecule has 0 bridgehead atoms. The van der Waals surface area contributed by atoms with Gasteiger partial charge in [-0.3, -0.25) is 10.3 Å². The molecule has 0 aliphatic rings. The second kappa shape index (κ2) is 5.97. The van der Waals surface area contributed by atoms with Crippen molar-refractivity contribution in [1.82, 2.24) is 0 Å². The van der Waals surface area contributed by atoms with E-state index in [9.17, 15) is 0 Å². The summed E-state index contributed by atoms with van der Waals surface area (Å²) in [6.45, 7) is 0. The van der Waals surface area contributed by atoms with Crippen molar-refractivity contribution in [2.45, 2.75) is 0 Å². The molecule has 0 saturated heterocycles. The normalized spacial score (nSPS) is 9.90. The van der Waals surface area contributed by atoms with Crippen molar-refractivity contribution >= 4 is 17.3 Å². The van der Waals surface area contributed by atoms with Gasteiger partial charge in [0, 0.05) is 11.4 Å². The Morgan fingerprint density at radius 3 is 1.45 bits per heavy atom. The summed E-state index contributed by atoms with van der Waals surface area (Å²) in [6.07, 6.45) is 0. The molecule has 104 valence electrons. The summed E-state index contributed by atoms with van der Waals surface area (Å²) >= 11 is 0. The number of nitrogens with two attached hydrogens (primary N) is 1. The highest BCUT2D eigenvalue weighted by molar-refractivity contribution is 5.99. The molecule has 0 aliphatic carbocycles.